The Labute approximate surface area is 166 Å². The van der Waals surface area contributed by atoms with E-state index in [0.29, 0.717) is 6.61 Å². The lowest BCUT2D eigenvalue weighted by molar-refractivity contribution is -0.0346. The van der Waals surface area contributed by atoms with E-state index in [1.165, 1.54) is 4.88 Å². The normalized spacial score (nSPS) is 17.9. The Morgan fingerprint density at radius 1 is 1.30 bits per heavy atom. The number of nitrogens with zero attached hydrogens (tertiary/aromatic N) is 5. The molecule has 1 aliphatic heterocycles. The molecule has 142 valence electrons. The van der Waals surface area contributed by atoms with Gasteiger partial charge in [0, 0.05) is 30.7 Å². The fourth-order valence-corrected chi connectivity index (χ4v) is 4.50. The zero-order chi connectivity index (χ0) is 18.6. The van der Waals surface area contributed by atoms with Crippen LogP contribution in [0.3, 0.4) is 0 Å². The third-order valence-corrected chi connectivity index (χ3v) is 6.18. The minimum absolute atomic E-state index is 0.0323. The molecule has 0 saturated carbocycles. The highest BCUT2D eigenvalue weighted by molar-refractivity contribution is 7.15. The van der Waals surface area contributed by atoms with E-state index in [9.17, 15) is 0 Å². The van der Waals surface area contributed by atoms with Gasteiger partial charge < -0.3 is 10.1 Å². The molecular weight excluding hydrogens is 380 g/mol. The average molecular weight is 403 g/mol. The molecule has 0 aromatic carbocycles. The summed E-state index contributed by atoms with van der Waals surface area (Å²) in [5.41, 5.74) is 0.936. The Morgan fingerprint density at radius 3 is 3.00 bits per heavy atom. The number of nitrogens with one attached hydrogen (secondary N) is 1. The summed E-state index contributed by atoms with van der Waals surface area (Å²) >= 11 is 3.31. The highest BCUT2D eigenvalue weighted by Gasteiger charge is 2.24. The Bertz CT molecular complexity index is 895. The molecule has 3 aromatic heterocycles. The molecule has 1 aliphatic rings. The molecule has 4 rings (SSSR count). The van der Waals surface area contributed by atoms with E-state index in [1.807, 2.05) is 31.3 Å². The van der Waals surface area contributed by atoms with E-state index in [1.54, 1.807) is 22.7 Å². The van der Waals surface area contributed by atoms with Crippen LogP contribution in [0, 0.1) is 6.92 Å². The molecule has 27 heavy (non-hydrogen) atoms. The molecular formula is C18H22N6OS2. The first-order valence-electron chi connectivity index (χ1n) is 9.01. The van der Waals surface area contributed by atoms with Crippen LogP contribution in [-0.4, -0.2) is 44.8 Å². The number of thiazole rings is 1. The van der Waals surface area contributed by atoms with Crippen molar-refractivity contribution in [3.05, 3.63) is 45.0 Å². The van der Waals surface area contributed by atoms with Gasteiger partial charge >= 0.3 is 0 Å². The SMILES string of the molecule is CCc1nnc(Nc2cccc(C3CN(Cc4cnc(C)s4)CCO3)n2)s1. The van der Waals surface area contributed by atoms with E-state index in [2.05, 4.69) is 32.3 Å². The quantitative estimate of drug-likeness (QED) is 0.675. The second-order valence-corrected chi connectivity index (χ2v) is 8.75. The first-order chi connectivity index (χ1) is 13.2. The number of hydrogen-bond donors (Lipinski definition) is 1. The van der Waals surface area contributed by atoms with Crippen molar-refractivity contribution in [2.24, 2.45) is 0 Å². The van der Waals surface area contributed by atoms with E-state index in [4.69, 9.17) is 9.72 Å². The molecule has 0 aliphatic carbocycles. The standard InChI is InChI=1S/C18H22N6OS2/c1-3-17-22-23-18(27-17)21-16-6-4-5-14(20-16)15-11-24(7-8-25-15)10-13-9-19-12(2)26-13/h4-6,9,15H,3,7-8,10-11H2,1-2H3,(H,20,21,23). The van der Waals surface area contributed by atoms with Gasteiger partial charge in [-0.05, 0) is 25.5 Å². The summed E-state index contributed by atoms with van der Waals surface area (Å²) in [6, 6.07) is 5.96. The minimum Gasteiger partial charge on any atom is -0.369 e. The summed E-state index contributed by atoms with van der Waals surface area (Å²) in [6.07, 6.45) is 2.83. The number of aryl methyl sites for hydroxylation is 2. The van der Waals surface area contributed by atoms with E-state index < -0.39 is 0 Å². The lowest BCUT2D eigenvalue weighted by Crippen LogP contribution is -2.37. The van der Waals surface area contributed by atoms with Gasteiger partial charge in [-0.3, -0.25) is 4.90 Å². The third-order valence-electron chi connectivity index (χ3n) is 4.30. The molecule has 0 amide bonds. The third kappa shape index (κ3) is 4.67. The van der Waals surface area contributed by atoms with Gasteiger partial charge in [-0.1, -0.05) is 24.3 Å². The largest absolute Gasteiger partial charge is 0.369 e. The van der Waals surface area contributed by atoms with Gasteiger partial charge in [0.25, 0.3) is 0 Å². The van der Waals surface area contributed by atoms with Crippen molar-refractivity contribution in [1.29, 1.82) is 0 Å². The predicted molar refractivity (Wildman–Crippen MR) is 108 cm³/mol. The molecule has 9 heteroatoms. The van der Waals surface area contributed by atoms with Crippen LogP contribution in [0.2, 0.25) is 0 Å². The van der Waals surface area contributed by atoms with Crippen LogP contribution in [0.5, 0.6) is 0 Å². The summed E-state index contributed by atoms with van der Waals surface area (Å²) in [4.78, 5) is 12.8. The monoisotopic (exact) mass is 402 g/mol. The molecule has 1 atom stereocenters. The van der Waals surface area contributed by atoms with Gasteiger partial charge in [0.05, 0.1) is 17.3 Å². The summed E-state index contributed by atoms with van der Waals surface area (Å²) in [5, 5.41) is 14.4. The van der Waals surface area contributed by atoms with E-state index in [0.717, 1.165) is 52.7 Å². The Hall–Kier alpha value is -1.94. The molecule has 0 bridgehead atoms. The van der Waals surface area contributed by atoms with Crippen molar-refractivity contribution in [2.45, 2.75) is 32.9 Å². The van der Waals surface area contributed by atoms with Crippen LogP contribution in [0.4, 0.5) is 10.9 Å². The lowest BCUT2D eigenvalue weighted by atomic mass is 10.2. The summed E-state index contributed by atoms with van der Waals surface area (Å²) in [7, 11) is 0. The topological polar surface area (TPSA) is 76.1 Å². The number of aromatic nitrogens is 4. The maximum absolute atomic E-state index is 5.99. The fraction of sp³-hybridized carbons (Fsp3) is 0.444. The molecule has 1 unspecified atom stereocenters. The number of hydrogen-bond acceptors (Lipinski definition) is 9. The van der Waals surface area contributed by atoms with E-state index >= 15 is 0 Å². The van der Waals surface area contributed by atoms with Gasteiger partial charge in [-0.2, -0.15) is 0 Å². The van der Waals surface area contributed by atoms with Gasteiger partial charge in [-0.25, -0.2) is 9.97 Å². The highest BCUT2D eigenvalue weighted by Crippen LogP contribution is 2.25. The van der Waals surface area contributed by atoms with Gasteiger partial charge in [0.1, 0.15) is 16.9 Å². The molecule has 1 fully saturated rings. The molecule has 3 aromatic rings. The smallest absolute Gasteiger partial charge is 0.211 e. The number of ether oxygens (including phenoxy) is 1. The van der Waals surface area contributed by atoms with Crippen molar-refractivity contribution in [3.8, 4) is 0 Å². The van der Waals surface area contributed by atoms with Crippen LogP contribution < -0.4 is 5.32 Å². The summed E-state index contributed by atoms with van der Waals surface area (Å²) < 4.78 is 5.99. The second kappa shape index (κ2) is 8.39. The van der Waals surface area contributed by atoms with Crippen LogP contribution in [0.25, 0.3) is 0 Å². The Morgan fingerprint density at radius 2 is 2.22 bits per heavy atom. The van der Waals surface area contributed by atoms with Crippen LogP contribution in [0.1, 0.15) is 33.6 Å². The van der Waals surface area contributed by atoms with Crippen molar-refractivity contribution in [2.75, 3.05) is 25.0 Å². The number of pyridine rings is 1. The molecule has 0 spiro atoms. The highest BCUT2D eigenvalue weighted by atomic mass is 32.1. The number of rotatable bonds is 6. The maximum atomic E-state index is 5.99. The van der Waals surface area contributed by atoms with Crippen molar-refractivity contribution < 1.29 is 4.74 Å². The van der Waals surface area contributed by atoms with Crippen molar-refractivity contribution in [1.82, 2.24) is 25.1 Å². The van der Waals surface area contributed by atoms with Gasteiger partial charge in [0.15, 0.2) is 0 Å². The van der Waals surface area contributed by atoms with Crippen LogP contribution in [0.15, 0.2) is 24.4 Å². The van der Waals surface area contributed by atoms with E-state index in [-0.39, 0.29) is 6.10 Å². The fourth-order valence-electron chi connectivity index (χ4n) is 2.98. The zero-order valence-corrected chi connectivity index (χ0v) is 17.0. The minimum atomic E-state index is -0.0323. The zero-order valence-electron chi connectivity index (χ0n) is 15.4. The lowest BCUT2D eigenvalue weighted by Gasteiger charge is -2.32. The molecule has 0 radical (unpaired) electrons. The maximum Gasteiger partial charge on any atom is 0.211 e. The first-order valence-corrected chi connectivity index (χ1v) is 10.6. The second-order valence-electron chi connectivity index (χ2n) is 6.37. The molecule has 4 heterocycles. The van der Waals surface area contributed by atoms with Gasteiger partial charge in [-0.15, -0.1) is 21.5 Å². The van der Waals surface area contributed by atoms with Crippen molar-refractivity contribution in [3.63, 3.8) is 0 Å². The van der Waals surface area contributed by atoms with Crippen LogP contribution >= 0.6 is 22.7 Å². The van der Waals surface area contributed by atoms with Gasteiger partial charge in [0.2, 0.25) is 5.13 Å². The Balaban J connectivity index is 1.42. The number of morpholine rings is 1. The molecule has 1 N–H and O–H groups in total. The summed E-state index contributed by atoms with van der Waals surface area (Å²) in [5.74, 6) is 0.769. The van der Waals surface area contributed by atoms with Crippen molar-refractivity contribution >= 4 is 33.6 Å². The van der Waals surface area contributed by atoms with Crippen LogP contribution in [-0.2, 0) is 17.7 Å². The predicted octanol–water partition coefficient (Wildman–Crippen LogP) is 3.58. The Kier molecular flexibility index (Phi) is 5.72. The average Bonchev–Trinajstić information content (AvgIpc) is 3.31. The first kappa shape index (κ1) is 18.4. The summed E-state index contributed by atoms with van der Waals surface area (Å²) in [6.45, 7) is 7.48. The number of anilines is 2. The molecule has 7 nitrogen and oxygen atoms in total. The molecule has 1 saturated heterocycles.